The number of nitrogens with one attached hydrogen (secondary N) is 1. The minimum atomic E-state index is -3.52. The van der Waals surface area contributed by atoms with Crippen LogP contribution in [-0.4, -0.2) is 31.7 Å². The molecule has 0 aromatic heterocycles. The zero-order valence-corrected chi connectivity index (χ0v) is 16.2. The third-order valence-electron chi connectivity index (χ3n) is 4.39. The van der Waals surface area contributed by atoms with E-state index in [1.165, 1.54) is 4.31 Å². The first-order valence-corrected chi connectivity index (χ1v) is 10.4. The lowest BCUT2D eigenvalue weighted by molar-refractivity contribution is -0.120. The Bertz CT molecular complexity index is 896. The van der Waals surface area contributed by atoms with Gasteiger partial charge in [0.1, 0.15) is 0 Å². The molecule has 0 radical (unpaired) electrons. The van der Waals surface area contributed by atoms with Gasteiger partial charge >= 0.3 is 0 Å². The lowest BCUT2D eigenvalue weighted by Crippen LogP contribution is -2.41. The lowest BCUT2D eigenvalue weighted by atomic mass is 9.97. The normalized spacial score (nSPS) is 16.4. The number of rotatable bonds is 4. The highest BCUT2D eigenvalue weighted by Crippen LogP contribution is 2.28. The molecule has 8 heteroatoms. The van der Waals surface area contributed by atoms with E-state index in [2.05, 4.69) is 5.32 Å². The summed E-state index contributed by atoms with van der Waals surface area (Å²) in [4.78, 5) is 12.7. The van der Waals surface area contributed by atoms with E-state index in [-0.39, 0.29) is 16.7 Å². The van der Waals surface area contributed by atoms with E-state index in [1.54, 1.807) is 48.5 Å². The largest absolute Gasteiger partial charge is 0.324 e. The van der Waals surface area contributed by atoms with Crippen molar-refractivity contribution in [1.82, 2.24) is 4.31 Å². The zero-order valence-electron chi connectivity index (χ0n) is 13.9. The van der Waals surface area contributed by atoms with Crippen molar-refractivity contribution in [3.8, 4) is 0 Å². The number of anilines is 1. The molecule has 2 aromatic rings. The van der Waals surface area contributed by atoms with Crippen LogP contribution >= 0.6 is 23.2 Å². The van der Waals surface area contributed by atoms with E-state index in [1.807, 2.05) is 0 Å². The minimum Gasteiger partial charge on any atom is -0.324 e. The number of amides is 1. The Morgan fingerprint density at radius 1 is 1.04 bits per heavy atom. The number of carbonyl (C=O) groups is 1. The molecule has 1 aliphatic rings. The maximum Gasteiger partial charge on any atom is 0.243 e. The zero-order chi connectivity index (χ0) is 18.7. The highest BCUT2D eigenvalue weighted by Gasteiger charge is 2.32. The Hall–Kier alpha value is -1.60. The highest BCUT2D eigenvalue weighted by atomic mass is 35.5. The summed E-state index contributed by atoms with van der Waals surface area (Å²) in [6.45, 7) is 0.608. The molecule has 0 bridgehead atoms. The van der Waals surface area contributed by atoms with Gasteiger partial charge in [-0.2, -0.15) is 4.31 Å². The predicted octanol–water partition coefficient (Wildman–Crippen LogP) is 4.03. The molecule has 0 unspecified atom stereocenters. The molecule has 0 atom stereocenters. The van der Waals surface area contributed by atoms with Gasteiger partial charge in [-0.1, -0.05) is 41.4 Å². The smallest absolute Gasteiger partial charge is 0.243 e. The number of hydrogen-bond donors (Lipinski definition) is 1. The summed E-state index contributed by atoms with van der Waals surface area (Å²) in [7, 11) is -3.52. The van der Waals surface area contributed by atoms with Gasteiger partial charge in [-0.15, -0.1) is 0 Å². The van der Waals surface area contributed by atoms with Crippen LogP contribution in [0, 0.1) is 5.92 Å². The third kappa shape index (κ3) is 4.20. The van der Waals surface area contributed by atoms with Gasteiger partial charge in [-0.25, -0.2) is 8.42 Å². The average molecular weight is 413 g/mol. The van der Waals surface area contributed by atoms with Gasteiger partial charge in [0.05, 0.1) is 15.6 Å². The van der Waals surface area contributed by atoms with Crippen LogP contribution in [-0.2, 0) is 14.8 Å². The molecule has 1 amide bonds. The van der Waals surface area contributed by atoms with Crippen molar-refractivity contribution in [2.24, 2.45) is 5.92 Å². The third-order valence-corrected chi connectivity index (χ3v) is 6.87. The Kier molecular flexibility index (Phi) is 5.87. The van der Waals surface area contributed by atoms with Crippen LogP contribution in [0.4, 0.5) is 5.69 Å². The predicted molar refractivity (Wildman–Crippen MR) is 103 cm³/mol. The molecule has 1 aliphatic heterocycles. The van der Waals surface area contributed by atoms with Crippen LogP contribution in [0.5, 0.6) is 0 Å². The molecule has 138 valence electrons. The van der Waals surface area contributed by atoms with Crippen LogP contribution in [0.1, 0.15) is 12.8 Å². The van der Waals surface area contributed by atoms with Crippen molar-refractivity contribution in [2.45, 2.75) is 17.7 Å². The molecular formula is C18H18Cl2N2O3S. The molecule has 0 spiro atoms. The molecular weight excluding hydrogens is 395 g/mol. The molecule has 0 saturated carbocycles. The van der Waals surface area contributed by atoms with E-state index in [0.29, 0.717) is 41.7 Å². The number of carbonyl (C=O) groups excluding carboxylic acids is 1. The number of piperidine rings is 1. The topological polar surface area (TPSA) is 66.5 Å². The first kappa shape index (κ1) is 19.2. The van der Waals surface area contributed by atoms with E-state index in [9.17, 15) is 13.2 Å². The quantitative estimate of drug-likeness (QED) is 0.823. The summed E-state index contributed by atoms with van der Waals surface area (Å²) in [6.07, 6.45) is 0.909. The molecule has 2 aromatic carbocycles. The summed E-state index contributed by atoms with van der Waals surface area (Å²) >= 11 is 12.0. The first-order valence-electron chi connectivity index (χ1n) is 8.19. The Morgan fingerprint density at radius 3 is 2.35 bits per heavy atom. The Labute approximate surface area is 163 Å². The number of sulfonamides is 1. The molecule has 3 rings (SSSR count). The maximum absolute atomic E-state index is 12.6. The fraction of sp³-hybridized carbons (Fsp3) is 0.278. The second kappa shape index (κ2) is 7.96. The van der Waals surface area contributed by atoms with Crippen LogP contribution in [0.15, 0.2) is 53.4 Å². The van der Waals surface area contributed by atoms with Gasteiger partial charge in [-0.3, -0.25) is 4.79 Å². The average Bonchev–Trinajstić information content (AvgIpc) is 2.65. The molecule has 1 fully saturated rings. The van der Waals surface area contributed by atoms with Gasteiger partial charge in [0.15, 0.2) is 0 Å². The van der Waals surface area contributed by atoms with Crippen molar-refractivity contribution < 1.29 is 13.2 Å². The van der Waals surface area contributed by atoms with E-state index in [0.717, 1.165) is 0 Å². The van der Waals surface area contributed by atoms with Crippen molar-refractivity contribution in [3.63, 3.8) is 0 Å². The fourth-order valence-electron chi connectivity index (χ4n) is 2.93. The van der Waals surface area contributed by atoms with Crippen molar-refractivity contribution >= 4 is 44.8 Å². The standard InChI is InChI=1S/C18H18Cl2N2O3S/c19-14-6-7-16(20)17(12-14)21-18(23)13-8-10-22(11-9-13)26(24,25)15-4-2-1-3-5-15/h1-7,12-13H,8-11H2,(H,21,23). The van der Waals surface area contributed by atoms with Crippen molar-refractivity contribution in [1.29, 1.82) is 0 Å². The molecule has 1 heterocycles. The SMILES string of the molecule is O=C(Nc1cc(Cl)ccc1Cl)C1CCN(S(=O)(=O)c2ccccc2)CC1. The number of hydrogen-bond acceptors (Lipinski definition) is 3. The summed E-state index contributed by atoms with van der Waals surface area (Å²) in [5, 5.41) is 3.67. The minimum absolute atomic E-state index is 0.175. The van der Waals surface area contributed by atoms with Gasteiger partial charge in [-0.05, 0) is 43.2 Å². The lowest BCUT2D eigenvalue weighted by Gasteiger charge is -2.30. The fourth-order valence-corrected chi connectivity index (χ4v) is 4.76. The first-order chi connectivity index (χ1) is 12.4. The van der Waals surface area contributed by atoms with Gasteiger partial charge in [0.25, 0.3) is 0 Å². The monoisotopic (exact) mass is 412 g/mol. The molecule has 26 heavy (non-hydrogen) atoms. The molecule has 1 N–H and O–H groups in total. The van der Waals surface area contributed by atoms with E-state index in [4.69, 9.17) is 23.2 Å². The van der Waals surface area contributed by atoms with Crippen LogP contribution in [0.25, 0.3) is 0 Å². The number of halogens is 2. The highest BCUT2D eigenvalue weighted by molar-refractivity contribution is 7.89. The second-order valence-electron chi connectivity index (χ2n) is 6.10. The van der Waals surface area contributed by atoms with Crippen molar-refractivity contribution in [2.75, 3.05) is 18.4 Å². The van der Waals surface area contributed by atoms with Crippen LogP contribution in [0.3, 0.4) is 0 Å². The summed E-state index contributed by atoms with van der Waals surface area (Å²) in [5.74, 6) is -0.446. The molecule has 0 aliphatic carbocycles. The van der Waals surface area contributed by atoms with Crippen LogP contribution < -0.4 is 5.32 Å². The second-order valence-corrected chi connectivity index (χ2v) is 8.89. The van der Waals surface area contributed by atoms with E-state index < -0.39 is 10.0 Å². The van der Waals surface area contributed by atoms with Gasteiger partial charge < -0.3 is 5.32 Å². The summed E-state index contributed by atoms with van der Waals surface area (Å²) < 4.78 is 26.7. The number of benzene rings is 2. The van der Waals surface area contributed by atoms with E-state index >= 15 is 0 Å². The number of nitrogens with zero attached hydrogens (tertiary/aromatic N) is 1. The van der Waals surface area contributed by atoms with Gasteiger partial charge in [0, 0.05) is 24.0 Å². The Balaban J connectivity index is 1.63. The van der Waals surface area contributed by atoms with Gasteiger partial charge in [0.2, 0.25) is 15.9 Å². The maximum atomic E-state index is 12.6. The van der Waals surface area contributed by atoms with Crippen molar-refractivity contribution in [3.05, 3.63) is 58.6 Å². The molecule has 5 nitrogen and oxygen atoms in total. The summed E-state index contributed by atoms with van der Waals surface area (Å²) in [6, 6.07) is 13.2. The Morgan fingerprint density at radius 2 is 1.69 bits per heavy atom. The molecule has 1 saturated heterocycles. The summed E-state index contributed by atoms with van der Waals surface area (Å²) in [5.41, 5.74) is 0.462. The van der Waals surface area contributed by atoms with Crippen LogP contribution in [0.2, 0.25) is 10.0 Å².